The van der Waals surface area contributed by atoms with Crippen molar-refractivity contribution in [3.05, 3.63) is 58.2 Å². The second-order valence-electron chi connectivity index (χ2n) is 6.23. The van der Waals surface area contributed by atoms with E-state index in [1.165, 1.54) is 30.2 Å². The third-order valence-electron chi connectivity index (χ3n) is 4.16. The van der Waals surface area contributed by atoms with Gasteiger partial charge < -0.3 is 14.6 Å². The van der Waals surface area contributed by atoms with Crippen molar-refractivity contribution in [2.45, 2.75) is 32.0 Å². The molecule has 1 aromatic carbocycles. The standard InChI is InChI=1S/C20H22N4O3S2/c1-4-24-16(11-14-8-6-5-7-9-14)22-23-20(24)28-12-17(25)21-18-15(19(26)27-3)10-13(2)29-18/h5-10H,4,11-12H2,1-3H3,(H,21,25). The Morgan fingerprint density at radius 3 is 2.69 bits per heavy atom. The molecule has 3 aromatic rings. The van der Waals surface area contributed by atoms with Gasteiger partial charge in [0.2, 0.25) is 5.91 Å². The van der Waals surface area contributed by atoms with Gasteiger partial charge >= 0.3 is 5.97 Å². The Morgan fingerprint density at radius 1 is 1.24 bits per heavy atom. The Bertz CT molecular complexity index is 999. The van der Waals surface area contributed by atoms with Crippen LogP contribution in [-0.2, 0) is 22.5 Å². The Morgan fingerprint density at radius 2 is 2.00 bits per heavy atom. The maximum absolute atomic E-state index is 12.4. The van der Waals surface area contributed by atoms with E-state index in [4.69, 9.17) is 4.74 Å². The van der Waals surface area contributed by atoms with Crippen LogP contribution in [0.1, 0.15) is 33.5 Å². The minimum atomic E-state index is -0.464. The van der Waals surface area contributed by atoms with Crippen LogP contribution in [0.3, 0.4) is 0 Å². The predicted octanol–water partition coefficient (Wildman–Crippen LogP) is 3.78. The van der Waals surface area contributed by atoms with Crippen LogP contribution in [0.15, 0.2) is 41.6 Å². The molecule has 0 saturated heterocycles. The summed E-state index contributed by atoms with van der Waals surface area (Å²) in [4.78, 5) is 25.2. The van der Waals surface area contributed by atoms with Gasteiger partial charge in [0.05, 0.1) is 18.4 Å². The quantitative estimate of drug-likeness (QED) is 0.432. The lowest BCUT2D eigenvalue weighted by atomic mass is 10.1. The maximum atomic E-state index is 12.4. The second kappa shape index (κ2) is 9.71. The van der Waals surface area contributed by atoms with Crippen LogP contribution < -0.4 is 5.32 Å². The van der Waals surface area contributed by atoms with Crippen molar-refractivity contribution < 1.29 is 14.3 Å². The van der Waals surface area contributed by atoms with Crippen molar-refractivity contribution >= 4 is 40.0 Å². The molecule has 0 bridgehead atoms. The normalized spacial score (nSPS) is 10.7. The molecule has 1 N–H and O–H groups in total. The summed E-state index contributed by atoms with van der Waals surface area (Å²) in [5, 5.41) is 12.5. The van der Waals surface area contributed by atoms with Crippen molar-refractivity contribution in [2.24, 2.45) is 0 Å². The molecule has 152 valence electrons. The van der Waals surface area contributed by atoms with E-state index in [-0.39, 0.29) is 11.7 Å². The predicted molar refractivity (Wildman–Crippen MR) is 115 cm³/mol. The highest BCUT2D eigenvalue weighted by Crippen LogP contribution is 2.28. The third kappa shape index (κ3) is 5.24. The topological polar surface area (TPSA) is 86.1 Å². The second-order valence-corrected chi connectivity index (χ2v) is 8.43. The van der Waals surface area contributed by atoms with Crippen molar-refractivity contribution in [2.75, 3.05) is 18.2 Å². The van der Waals surface area contributed by atoms with Gasteiger partial charge in [-0.25, -0.2) is 4.79 Å². The zero-order valence-corrected chi connectivity index (χ0v) is 18.1. The number of benzene rings is 1. The van der Waals surface area contributed by atoms with E-state index in [1.807, 2.05) is 36.6 Å². The van der Waals surface area contributed by atoms with Crippen LogP contribution in [-0.4, -0.2) is 39.5 Å². The molecule has 2 aromatic heterocycles. The molecule has 1 amide bonds. The van der Waals surface area contributed by atoms with Crippen molar-refractivity contribution in [1.29, 1.82) is 0 Å². The van der Waals surface area contributed by atoms with Gasteiger partial charge in [0.1, 0.15) is 10.8 Å². The Labute approximate surface area is 177 Å². The van der Waals surface area contributed by atoms with E-state index in [9.17, 15) is 9.59 Å². The summed E-state index contributed by atoms with van der Waals surface area (Å²) in [7, 11) is 1.32. The average molecular weight is 431 g/mol. The molecule has 2 heterocycles. The number of aromatic nitrogens is 3. The number of hydrogen-bond acceptors (Lipinski definition) is 7. The molecule has 0 unspecified atom stereocenters. The molecule has 29 heavy (non-hydrogen) atoms. The van der Waals surface area contributed by atoms with Gasteiger partial charge in [0.15, 0.2) is 5.16 Å². The number of thiophene rings is 1. The van der Waals surface area contributed by atoms with Gasteiger partial charge in [0, 0.05) is 17.8 Å². The van der Waals surface area contributed by atoms with Crippen LogP contribution in [0, 0.1) is 6.92 Å². The lowest BCUT2D eigenvalue weighted by Crippen LogP contribution is -2.16. The van der Waals surface area contributed by atoms with E-state index >= 15 is 0 Å². The lowest BCUT2D eigenvalue weighted by molar-refractivity contribution is -0.113. The average Bonchev–Trinajstić information content (AvgIpc) is 3.28. The van der Waals surface area contributed by atoms with E-state index in [1.54, 1.807) is 6.07 Å². The summed E-state index contributed by atoms with van der Waals surface area (Å²) >= 11 is 2.67. The first kappa shape index (κ1) is 21.1. The Hall–Kier alpha value is -2.65. The van der Waals surface area contributed by atoms with Crippen molar-refractivity contribution in [3.8, 4) is 0 Å². The highest BCUT2D eigenvalue weighted by Gasteiger charge is 2.18. The van der Waals surface area contributed by atoms with Crippen LogP contribution in [0.25, 0.3) is 0 Å². The highest BCUT2D eigenvalue weighted by molar-refractivity contribution is 7.99. The Balaban J connectivity index is 1.64. The van der Waals surface area contributed by atoms with Crippen LogP contribution in [0.5, 0.6) is 0 Å². The molecule has 0 atom stereocenters. The molecule has 0 radical (unpaired) electrons. The fourth-order valence-electron chi connectivity index (χ4n) is 2.81. The molecule has 0 aliphatic carbocycles. The number of nitrogens with one attached hydrogen (secondary N) is 1. The fraction of sp³-hybridized carbons (Fsp3) is 0.300. The monoisotopic (exact) mass is 430 g/mol. The summed E-state index contributed by atoms with van der Waals surface area (Å²) in [6.07, 6.45) is 0.686. The maximum Gasteiger partial charge on any atom is 0.340 e. The number of rotatable bonds is 8. The van der Waals surface area contributed by atoms with Gasteiger partial charge in [-0.15, -0.1) is 21.5 Å². The minimum absolute atomic E-state index is 0.168. The van der Waals surface area contributed by atoms with Crippen LogP contribution in [0.4, 0.5) is 5.00 Å². The molecule has 0 fully saturated rings. The van der Waals surface area contributed by atoms with Crippen molar-refractivity contribution in [1.82, 2.24) is 14.8 Å². The number of nitrogens with zero attached hydrogens (tertiary/aromatic N) is 3. The van der Waals surface area contributed by atoms with Gasteiger partial charge in [-0.2, -0.15) is 0 Å². The first-order valence-corrected chi connectivity index (χ1v) is 10.9. The first-order chi connectivity index (χ1) is 14.0. The summed E-state index contributed by atoms with van der Waals surface area (Å²) in [6, 6.07) is 11.8. The molecule has 9 heteroatoms. The summed E-state index contributed by atoms with van der Waals surface area (Å²) in [5.41, 5.74) is 1.53. The summed E-state index contributed by atoms with van der Waals surface area (Å²) < 4.78 is 6.79. The third-order valence-corrected chi connectivity index (χ3v) is 6.09. The number of thioether (sulfide) groups is 1. The van der Waals surface area contributed by atoms with Gasteiger partial charge in [0.25, 0.3) is 0 Å². The Kier molecular flexibility index (Phi) is 7.05. The molecule has 0 aliphatic heterocycles. The number of anilines is 1. The van der Waals surface area contributed by atoms with E-state index < -0.39 is 5.97 Å². The van der Waals surface area contributed by atoms with Crippen LogP contribution >= 0.6 is 23.1 Å². The number of carbonyl (C=O) groups is 2. The summed E-state index contributed by atoms with van der Waals surface area (Å²) in [5.74, 6) is 0.357. The van der Waals surface area contributed by atoms with Crippen LogP contribution in [0.2, 0.25) is 0 Å². The van der Waals surface area contributed by atoms with E-state index in [0.717, 1.165) is 22.8 Å². The molecule has 3 rings (SSSR count). The van der Waals surface area contributed by atoms with Crippen molar-refractivity contribution in [3.63, 3.8) is 0 Å². The SMILES string of the molecule is CCn1c(Cc2ccccc2)nnc1SCC(=O)Nc1sc(C)cc1C(=O)OC. The smallest absolute Gasteiger partial charge is 0.340 e. The summed E-state index contributed by atoms with van der Waals surface area (Å²) in [6.45, 7) is 4.62. The number of methoxy groups -OCH3 is 1. The van der Waals surface area contributed by atoms with Gasteiger partial charge in [-0.1, -0.05) is 42.1 Å². The fourth-order valence-corrected chi connectivity index (χ4v) is 4.55. The molecule has 0 spiro atoms. The number of ether oxygens (including phenoxy) is 1. The van der Waals surface area contributed by atoms with Gasteiger partial charge in [-0.3, -0.25) is 4.79 Å². The molecule has 0 saturated carbocycles. The molecule has 7 nitrogen and oxygen atoms in total. The number of esters is 1. The largest absolute Gasteiger partial charge is 0.465 e. The highest BCUT2D eigenvalue weighted by atomic mass is 32.2. The molecular formula is C20H22N4O3S2. The first-order valence-electron chi connectivity index (χ1n) is 9.09. The zero-order valence-electron chi connectivity index (χ0n) is 16.5. The van der Waals surface area contributed by atoms with Gasteiger partial charge in [-0.05, 0) is 25.5 Å². The number of aryl methyl sites for hydroxylation is 1. The minimum Gasteiger partial charge on any atom is -0.465 e. The molecular weight excluding hydrogens is 408 g/mol. The van der Waals surface area contributed by atoms with E-state index in [2.05, 4.69) is 27.6 Å². The number of amides is 1. The lowest BCUT2D eigenvalue weighted by Gasteiger charge is -2.08. The number of hydrogen-bond donors (Lipinski definition) is 1. The molecule has 0 aliphatic rings. The number of carbonyl (C=O) groups excluding carboxylic acids is 2. The zero-order chi connectivity index (χ0) is 20.8. The van der Waals surface area contributed by atoms with E-state index in [0.29, 0.717) is 22.1 Å².